The summed E-state index contributed by atoms with van der Waals surface area (Å²) in [4.78, 5) is 9.76. The van der Waals surface area contributed by atoms with Gasteiger partial charge in [0.2, 0.25) is 0 Å². The molecule has 1 aromatic carbocycles. The van der Waals surface area contributed by atoms with Gasteiger partial charge >= 0.3 is 0 Å². The van der Waals surface area contributed by atoms with Crippen LogP contribution in [-0.4, -0.2) is 69.4 Å². The van der Waals surface area contributed by atoms with Crippen LogP contribution in [0, 0.1) is 11.3 Å². The number of hydrogen-bond acceptors (Lipinski definition) is 4. The molecule has 4 fully saturated rings. The smallest absolute Gasteiger partial charge is 0.194 e. The number of piperazine rings is 1. The first kappa shape index (κ1) is 19.0. The third-order valence-corrected chi connectivity index (χ3v) is 7.63. The average Bonchev–Trinajstić information content (AvgIpc) is 3.15. The van der Waals surface area contributed by atoms with E-state index in [0.29, 0.717) is 23.5 Å². The third-order valence-electron chi connectivity index (χ3n) is 7.63. The number of rotatable bonds is 4. The zero-order chi connectivity index (χ0) is 19.8. The van der Waals surface area contributed by atoms with E-state index in [1.807, 2.05) is 12.1 Å². The maximum atomic E-state index is 6.10. The van der Waals surface area contributed by atoms with Crippen molar-refractivity contribution in [3.8, 4) is 5.75 Å². The quantitative estimate of drug-likeness (QED) is 0.624. The molecule has 1 N–H and O–H groups in total. The lowest BCUT2D eigenvalue weighted by atomic mass is 9.46. The molecular formula is C23H34N4O2. The fraction of sp³-hybridized carbons (Fsp3) is 0.696. The fourth-order valence-corrected chi connectivity index (χ4v) is 6.03. The summed E-state index contributed by atoms with van der Waals surface area (Å²) < 4.78 is 11.7. The lowest BCUT2D eigenvalue weighted by Crippen LogP contribution is -2.73. The molecule has 29 heavy (non-hydrogen) atoms. The van der Waals surface area contributed by atoms with Crippen molar-refractivity contribution in [1.82, 2.24) is 10.2 Å². The van der Waals surface area contributed by atoms with E-state index in [1.54, 1.807) is 7.11 Å². The third kappa shape index (κ3) is 3.07. The van der Waals surface area contributed by atoms with Gasteiger partial charge in [0.25, 0.3) is 0 Å². The van der Waals surface area contributed by atoms with Crippen molar-refractivity contribution in [3.63, 3.8) is 0 Å². The van der Waals surface area contributed by atoms with E-state index in [2.05, 4.69) is 34.2 Å². The highest BCUT2D eigenvalue weighted by molar-refractivity contribution is 5.81. The number of anilines is 1. The summed E-state index contributed by atoms with van der Waals surface area (Å²) >= 11 is 0. The molecule has 2 saturated heterocycles. The molecule has 6 heteroatoms. The first-order valence-corrected chi connectivity index (χ1v) is 11.3. The lowest BCUT2D eigenvalue weighted by Gasteiger charge is -2.63. The largest absolute Gasteiger partial charge is 0.495 e. The maximum absolute atomic E-state index is 6.10. The molecule has 2 heterocycles. The average molecular weight is 399 g/mol. The van der Waals surface area contributed by atoms with Gasteiger partial charge in [0.05, 0.1) is 18.9 Å². The number of hydrogen-bond donors (Lipinski definition) is 1. The van der Waals surface area contributed by atoms with Crippen LogP contribution in [0.2, 0.25) is 0 Å². The molecule has 4 aliphatic rings. The lowest BCUT2D eigenvalue weighted by molar-refractivity contribution is -0.171. The van der Waals surface area contributed by atoms with Gasteiger partial charge in [-0.25, -0.2) is 0 Å². The van der Waals surface area contributed by atoms with Crippen LogP contribution >= 0.6 is 0 Å². The Balaban J connectivity index is 1.25. The fourth-order valence-electron chi connectivity index (χ4n) is 6.03. The van der Waals surface area contributed by atoms with Gasteiger partial charge in [-0.1, -0.05) is 18.6 Å². The first-order valence-electron chi connectivity index (χ1n) is 11.3. The van der Waals surface area contributed by atoms with Gasteiger partial charge in [-0.3, -0.25) is 4.99 Å². The Morgan fingerprint density at radius 1 is 1.24 bits per heavy atom. The second-order valence-electron chi connectivity index (χ2n) is 8.90. The molecule has 0 amide bonds. The van der Waals surface area contributed by atoms with E-state index in [0.717, 1.165) is 51.0 Å². The molecule has 3 atom stereocenters. The summed E-state index contributed by atoms with van der Waals surface area (Å²) in [5, 5.41) is 3.92. The number of guanidine groups is 1. The summed E-state index contributed by atoms with van der Waals surface area (Å²) in [6, 6.07) is 8.86. The Kier molecular flexibility index (Phi) is 5.06. The predicted molar refractivity (Wildman–Crippen MR) is 116 cm³/mol. The minimum atomic E-state index is 0.384. The number of fused-ring (bicyclic) bond motifs is 2. The summed E-state index contributed by atoms with van der Waals surface area (Å²) in [6.45, 7) is 7.81. The number of aliphatic imine (C=N–C) groups is 1. The highest BCUT2D eigenvalue weighted by Gasteiger charge is 2.66. The number of para-hydroxylation sites is 2. The van der Waals surface area contributed by atoms with Crippen LogP contribution in [0.1, 0.15) is 32.6 Å². The standard InChI is InChI=1S/C23H34N4O2/c1-3-24-22(25-20-17-9-16-29-21(17)23(20)10-6-11-23)27-14-12-26(13-15-27)18-7-4-5-8-19(18)28-2/h4-5,7-8,17,20-21H,3,6,9-16H2,1-2H3,(H,24,25). The van der Waals surface area contributed by atoms with E-state index in [-0.39, 0.29) is 0 Å². The van der Waals surface area contributed by atoms with Crippen LogP contribution in [0.25, 0.3) is 0 Å². The SMILES string of the molecule is CCN=C(NC1C2CCOC2C12CCC2)N1CCN(c2ccccc2OC)CC1. The topological polar surface area (TPSA) is 49.3 Å². The zero-order valence-corrected chi connectivity index (χ0v) is 17.8. The molecule has 1 spiro atoms. The van der Waals surface area contributed by atoms with Crippen molar-refractivity contribution < 1.29 is 9.47 Å². The summed E-state index contributed by atoms with van der Waals surface area (Å²) in [6.07, 6.45) is 5.67. The number of methoxy groups -OCH3 is 1. The van der Waals surface area contributed by atoms with Crippen molar-refractivity contribution in [1.29, 1.82) is 0 Å². The highest BCUT2D eigenvalue weighted by atomic mass is 16.5. The first-order chi connectivity index (χ1) is 14.3. The second kappa shape index (κ2) is 7.71. The van der Waals surface area contributed by atoms with Crippen LogP contribution in [0.4, 0.5) is 5.69 Å². The van der Waals surface area contributed by atoms with E-state index in [1.165, 1.54) is 31.4 Å². The molecule has 5 rings (SSSR count). The molecule has 2 saturated carbocycles. The Hall–Kier alpha value is -1.95. The van der Waals surface area contributed by atoms with Gasteiger partial charge in [-0.05, 0) is 38.3 Å². The minimum absolute atomic E-state index is 0.384. The van der Waals surface area contributed by atoms with Gasteiger partial charge in [-0.2, -0.15) is 0 Å². The van der Waals surface area contributed by atoms with Gasteiger partial charge < -0.3 is 24.6 Å². The number of nitrogens with zero attached hydrogens (tertiary/aromatic N) is 3. The molecule has 2 aliphatic carbocycles. The van der Waals surface area contributed by atoms with Gasteiger partial charge in [0.15, 0.2) is 5.96 Å². The highest BCUT2D eigenvalue weighted by Crippen LogP contribution is 2.62. The molecule has 6 nitrogen and oxygen atoms in total. The Morgan fingerprint density at radius 3 is 2.72 bits per heavy atom. The van der Waals surface area contributed by atoms with Gasteiger partial charge in [-0.15, -0.1) is 0 Å². The van der Waals surface area contributed by atoms with E-state index in [9.17, 15) is 0 Å². The second-order valence-corrected chi connectivity index (χ2v) is 8.90. The van der Waals surface area contributed by atoms with Crippen LogP contribution < -0.4 is 15.0 Å². The molecule has 0 radical (unpaired) electrons. The van der Waals surface area contributed by atoms with Gasteiger partial charge in [0.1, 0.15) is 5.75 Å². The maximum Gasteiger partial charge on any atom is 0.194 e. The van der Waals surface area contributed by atoms with E-state index >= 15 is 0 Å². The predicted octanol–water partition coefficient (Wildman–Crippen LogP) is 2.74. The summed E-state index contributed by atoms with van der Waals surface area (Å²) in [5.74, 6) is 2.73. The number of ether oxygens (including phenoxy) is 2. The van der Waals surface area contributed by atoms with Crippen molar-refractivity contribution in [2.45, 2.75) is 44.8 Å². The summed E-state index contributed by atoms with van der Waals surface area (Å²) in [7, 11) is 1.75. The minimum Gasteiger partial charge on any atom is -0.495 e. The Bertz CT molecular complexity index is 755. The van der Waals surface area contributed by atoms with Gasteiger partial charge in [0, 0.05) is 56.7 Å². The van der Waals surface area contributed by atoms with Crippen LogP contribution in [0.5, 0.6) is 5.75 Å². The molecule has 1 aromatic rings. The normalized spacial score (nSPS) is 30.6. The number of benzene rings is 1. The van der Waals surface area contributed by atoms with Crippen LogP contribution in [0.15, 0.2) is 29.3 Å². The molecular weight excluding hydrogens is 364 g/mol. The number of nitrogens with one attached hydrogen (secondary N) is 1. The Labute approximate surface area is 174 Å². The summed E-state index contributed by atoms with van der Waals surface area (Å²) in [5.41, 5.74) is 1.57. The molecule has 3 unspecified atom stereocenters. The molecule has 0 aromatic heterocycles. The van der Waals surface area contributed by atoms with Crippen LogP contribution in [-0.2, 0) is 4.74 Å². The van der Waals surface area contributed by atoms with E-state index in [4.69, 9.17) is 14.5 Å². The zero-order valence-electron chi connectivity index (χ0n) is 17.8. The van der Waals surface area contributed by atoms with Crippen molar-refractivity contribution in [2.24, 2.45) is 16.3 Å². The van der Waals surface area contributed by atoms with Crippen molar-refractivity contribution in [2.75, 3.05) is 51.3 Å². The molecule has 0 bridgehead atoms. The molecule has 158 valence electrons. The van der Waals surface area contributed by atoms with E-state index < -0.39 is 0 Å². The monoisotopic (exact) mass is 398 g/mol. The van der Waals surface area contributed by atoms with Crippen molar-refractivity contribution >= 4 is 11.6 Å². The van der Waals surface area contributed by atoms with Crippen LogP contribution in [0.3, 0.4) is 0 Å². The van der Waals surface area contributed by atoms with Crippen molar-refractivity contribution in [3.05, 3.63) is 24.3 Å². The molecule has 2 aliphatic heterocycles. The Morgan fingerprint density at radius 2 is 2.03 bits per heavy atom.